The maximum Gasteiger partial charge on any atom is 0.235 e. The van der Waals surface area contributed by atoms with Crippen LogP contribution in [-0.4, -0.2) is 16.7 Å². The van der Waals surface area contributed by atoms with Gasteiger partial charge in [0.2, 0.25) is 5.91 Å². The fraction of sp³-hybridized carbons (Fsp3) is 0.167. The van der Waals surface area contributed by atoms with Crippen molar-refractivity contribution < 1.29 is 9.18 Å². The first-order valence-corrected chi connectivity index (χ1v) is 8.82. The van der Waals surface area contributed by atoms with Crippen molar-refractivity contribution in [2.24, 2.45) is 10.9 Å². The van der Waals surface area contributed by atoms with E-state index in [2.05, 4.69) is 31.6 Å². The number of halogens is 2. The van der Waals surface area contributed by atoms with Gasteiger partial charge in [0.1, 0.15) is 11.7 Å². The minimum absolute atomic E-state index is 0.201. The number of amides is 1. The quantitative estimate of drug-likeness (QED) is 0.731. The van der Waals surface area contributed by atoms with Crippen LogP contribution in [0, 0.1) is 11.7 Å². The van der Waals surface area contributed by atoms with E-state index in [9.17, 15) is 9.18 Å². The number of anilines is 1. The Morgan fingerprint density at radius 3 is 2.48 bits per heavy atom. The van der Waals surface area contributed by atoms with Gasteiger partial charge in [-0.25, -0.2) is 9.38 Å². The van der Waals surface area contributed by atoms with Crippen molar-refractivity contribution in [1.82, 2.24) is 5.32 Å². The molecule has 0 saturated carbocycles. The second-order valence-corrected chi connectivity index (χ2v) is 7.01. The molecule has 0 aliphatic carbocycles. The highest BCUT2D eigenvalue weighted by molar-refractivity contribution is 9.10. The van der Waals surface area contributed by atoms with E-state index in [0.29, 0.717) is 16.5 Å². The van der Waals surface area contributed by atoms with Gasteiger partial charge in [-0.1, -0.05) is 28.1 Å². The number of benzene rings is 2. The molecule has 0 bridgehead atoms. The van der Waals surface area contributed by atoms with Crippen LogP contribution in [0.2, 0.25) is 0 Å². The number of hydrogen-bond donors (Lipinski definition) is 2. The molecule has 1 aliphatic rings. The standard InChI is InChI=1S/C18H15BrFN3OS/c1-10-15(17(24)22-14-8-4-12(19)5-9-14)16(23-18(25)21-10)11-2-6-13(20)7-3-11/h2-9,15-16H,1H3,(H,22,24)(H,23,25). The van der Waals surface area contributed by atoms with E-state index >= 15 is 0 Å². The van der Waals surface area contributed by atoms with Gasteiger partial charge in [-0.05, 0) is 61.1 Å². The topological polar surface area (TPSA) is 53.5 Å². The minimum atomic E-state index is -0.555. The number of aliphatic imine (C=N–C) groups is 1. The first-order valence-electron chi connectivity index (χ1n) is 7.61. The van der Waals surface area contributed by atoms with Crippen molar-refractivity contribution >= 4 is 50.6 Å². The van der Waals surface area contributed by atoms with Gasteiger partial charge in [0.15, 0.2) is 5.11 Å². The predicted molar refractivity (Wildman–Crippen MR) is 104 cm³/mol. The average Bonchev–Trinajstić information content (AvgIpc) is 2.57. The molecule has 3 rings (SSSR count). The lowest BCUT2D eigenvalue weighted by Crippen LogP contribution is -2.45. The summed E-state index contributed by atoms with van der Waals surface area (Å²) >= 11 is 8.52. The Kier molecular flexibility index (Phi) is 5.24. The molecule has 7 heteroatoms. The highest BCUT2D eigenvalue weighted by Gasteiger charge is 2.35. The Morgan fingerprint density at radius 1 is 1.20 bits per heavy atom. The lowest BCUT2D eigenvalue weighted by molar-refractivity contribution is -0.118. The number of carbonyl (C=O) groups excluding carboxylic acids is 1. The first kappa shape index (κ1) is 17.7. The summed E-state index contributed by atoms with van der Waals surface area (Å²) in [5, 5.41) is 6.28. The molecule has 1 heterocycles. The Morgan fingerprint density at radius 2 is 1.84 bits per heavy atom. The minimum Gasteiger partial charge on any atom is -0.353 e. The van der Waals surface area contributed by atoms with Crippen LogP contribution in [-0.2, 0) is 4.79 Å². The summed E-state index contributed by atoms with van der Waals surface area (Å²) in [5.41, 5.74) is 2.08. The summed E-state index contributed by atoms with van der Waals surface area (Å²) in [6, 6.07) is 12.9. The zero-order valence-electron chi connectivity index (χ0n) is 13.3. The molecule has 2 N–H and O–H groups in total. The second kappa shape index (κ2) is 7.41. The fourth-order valence-corrected chi connectivity index (χ4v) is 3.30. The SMILES string of the molecule is CC1=NC(=S)NC(c2ccc(F)cc2)C1C(=O)Nc1ccc(Br)cc1. The van der Waals surface area contributed by atoms with E-state index in [0.717, 1.165) is 10.0 Å². The zero-order valence-corrected chi connectivity index (χ0v) is 15.7. The Hall–Kier alpha value is -2.12. The van der Waals surface area contributed by atoms with Gasteiger partial charge in [0.05, 0.1) is 6.04 Å². The Labute approximate surface area is 158 Å². The van der Waals surface area contributed by atoms with E-state index in [4.69, 9.17) is 12.2 Å². The largest absolute Gasteiger partial charge is 0.353 e. The van der Waals surface area contributed by atoms with Crippen molar-refractivity contribution in [1.29, 1.82) is 0 Å². The lowest BCUT2D eigenvalue weighted by atomic mass is 9.87. The van der Waals surface area contributed by atoms with Crippen LogP contribution < -0.4 is 10.6 Å². The number of thiocarbonyl (C=S) groups is 1. The number of carbonyl (C=O) groups is 1. The van der Waals surface area contributed by atoms with Gasteiger partial charge in [-0.15, -0.1) is 0 Å². The third kappa shape index (κ3) is 4.11. The van der Waals surface area contributed by atoms with E-state index in [1.54, 1.807) is 19.1 Å². The maximum atomic E-state index is 13.2. The average molecular weight is 420 g/mol. The summed E-state index contributed by atoms with van der Waals surface area (Å²) in [4.78, 5) is 17.1. The van der Waals surface area contributed by atoms with E-state index < -0.39 is 12.0 Å². The smallest absolute Gasteiger partial charge is 0.235 e. The molecule has 128 valence electrons. The summed E-state index contributed by atoms with van der Waals surface area (Å²) < 4.78 is 14.2. The van der Waals surface area contributed by atoms with Gasteiger partial charge in [-0.3, -0.25) is 4.79 Å². The fourth-order valence-electron chi connectivity index (χ4n) is 2.76. The highest BCUT2D eigenvalue weighted by atomic mass is 79.9. The van der Waals surface area contributed by atoms with Gasteiger partial charge in [-0.2, -0.15) is 0 Å². The molecule has 0 fully saturated rings. The molecule has 2 aromatic carbocycles. The van der Waals surface area contributed by atoms with Crippen LogP contribution in [0.15, 0.2) is 58.0 Å². The molecule has 0 saturated heterocycles. The number of rotatable bonds is 3. The number of hydrogen-bond acceptors (Lipinski definition) is 2. The molecule has 1 amide bonds. The van der Waals surface area contributed by atoms with Crippen molar-refractivity contribution in [3.05, 3.63) is 64.4 Å². The maximum absolute atomic E-state index is 13.2. The molecule has 0 radical (unpaired) electrons. The zero-order chi connectivity index (χ0) is 18.0. The van der Waals surface area contributed by atoms with Gasteiger partial charge < -0.3 is 10.6 Å². The molecular formula is C18H15BrFN3OS. The van der Waals surface area contributed by atoms with E-state index in [1.165, 1.54) is 12.1 Å². The monoisotopic (exact) mass is 419 g/mol. The summed E-state index contributed by atoms with van der Waals surface area (Å²) in [5.74, 6) is -1.09. The normalized spacial score (nSPS) is 19.8. The Balaban J connectivity index is 1.89. The summed E-state index contributed by atoms with van der Waals surface area (Å²) in [6.07, 6.45) is 0. The second-order valence-electron chi connectivity index (χ2n) is 5.71. The van der Waals surface area contributed by atoms with Crippen molar-refractivity contribution in [3.63, 3.8) is 0 Å². The molecule has 0 aromatic heterocycles. The summed E-state index contributed by atoms with van der Waals surface area (Å²) in [6.45, 7) is 1.77. The lowest BCUT2D eigenvalue weighted by Gasteiger charge is -2.31. The van der Waals surface area contributed by atoms with Crippen molar-refractivity contribution in [2.75, 3.05) is 5.32 Å². The third-order valence-corrected chi connectivity index (χ3v) is 4.70. The number of nitrogens with one attached hydrogen (secondary N) is 2. The van der Waals surface area contributed by atoms with Crippen LogP contribution in [0.1, 0.15) is 18.5 Å². The molecule has 0 spiro atoms. The van der Waals surface area contributed by atoms with Crippen LogP contribution in [0.5, 0.6) is 0 Å². The molecule has 2 atom stereocenters. The van der Waals surface area contributed by atoms with Crippen molar-refractivity contribution in [3.8, 4) is 0 Å². The van der Waals surface area contributed by atoms with E-state index in [-0.39, 0.29) is 11.7 Å². The highest BCUT2D eigenvalue weighted by Crippen LogP contribution is 2.28. The van der Waals surface area contributed by atoms with Gasteiger partial charge in [0, 0.05) is 15.9 Å². The van der Waals surface area contributed by atoms with Gasteiger partial charge in [0.25, 0.3) is 0 Å². The molecule has 1 aliphatic heterocycles. The Bertz CT molecular complexity index is 836. The van der Waals surface area contributed by atoms with Crippen LogP contribution in [0.25, 0.3) is 0 Å². The summed E-state index contributed by atoms with van der Waals surface area (Å²) in [7, 11) is 0. The molecule has 4 nitrogen and oxygen atoms in total. The molecule has 25 heavy (non-hydrogen) atoms. The molecule has 2 aromatic rings. The first-order chi connectivity index (χ1) is 11.9. The van der Waals surface area contributed by atoms with Crippen LogP contribution in [0.3, 0.4) is 0 Å². The van der Waals surface area contributed by atoms with Crippen LogP contribution in [0.4, 0.5) is 10.1 Å². The van der Waals surface area contributed by atoms with Gasteiger partial charge >= 0.3 is 0 Å². The molecule has 2 unspecified atom stereocenters. The van der Waals surface area contributed by atoms with Crippen LogP contribution >= 0.6 is 28.1 Å². The van der Waals surface area contributed by atoms with E-state index in [1.807, 2.05) is 24.3 Å². The predicted octanol–water partition coefficient (Wildman–Crippen LogP) is 4.23. The third-order valence-electron chi connectivity index (χ3n) is 3.96. The van der Waals surface area contributed by atoms with Crippen molar-refractivity contribution in [2.45, 2.75) is 13.0 Å². The molecular weight excluding hydrogens is 405 g/mol. The number of nitrogens with zero attached hydrogens (tertiary/aromatic N) is 1.